The van der Waals surface area contributed by atoms with Crippen molar-refractivity contribution >= 4 is 27.9 Å². The molecule has 366 valence electrons. The third kappa shape index (κ3) is 12.3. The molecule has 0 aromatic rings. The zero-order chi connectivity index (χ0) is 48.7. The van der Waals surface area contributed by atoms with E-state index in [1.54, 1.807) is 5.48 Å². The average Bonchev–Trinajstić information content (AvgIpc) is 3.10. The standard InChI is InChI=1S/C28H39F17N6O10S/c1-2-51(62(59,60)28(44,45)26(39,40)24(35,36)22(31,32)21(29,30)23(33,34)25(37,38)27(41,42)43)16-61-46-11-17(52)12-47-3-5-48(13-18(53)54)7-9-50(15-20(57)58)10-8-49(6-4-47)14-19(55)56/h17,46,52H,2-16H2,1H3,(H,53,54)(H,55,56)(H,57,58). The summed E-state index contributed by atoms with van der Waals surface area (Å²) in [5.41, 5.74) is 1.72. The first-order chi connectivity index (χ1) is 27.8. The van der Waals surface area contributed by atoms with Crippen LogP contribution in [0.2, 0.25) is 0 Å². The largest absolute Gasteiger partial charge is 0.480 e. The SMILES string of the molecule is CCN(CONCC(O)CN1CCN(CC(=O)O)CCN(CC(=O)O)CCN(CC(=O)O)CC1)S(=O)(=O)C(F)(F)C(F)(F)C(F)(F)C(F)(F)C(F)(F)C(F)(F)C(F)(F)C(F)(F)F. The number of halogens is 17. The van der Waals surface area contributed by atoms with Gasteiger partial charge in [0.25, 0.3) is 10.0 Å². The topological polar surface area (TPSA) is 204 Å². The van der Waals surface area contributed by atoms with E-state index in [0.29, 0.717) is 6.92 Å². The van der Waals surface area contributed by atoms with Crippen molar-refractivity contribution in [2.45, 2.75) is 60.0 Å². The van der Waals surface area contributed by atoms with Crippen molar-refractivity contribution in [2.24, 2.45) is 0 Å². The van der Waals surface area contributed by atoms with Gasteiger partial charge in [-0.2, -0.15) is 84.4 Å². The molecule has 1 fully saturated rings. The molecule has 16 nitrogen and oxygen atoms in total. The Balaban J connectivity index is 3.22. The lowest BCUT2D eigenvalue weighted by Crippen LogP contribution is -2.75. The normalized spacial score (nSPS) is 18.6. The molecule has 1 saturated heterocycles. The molecule has 0 bridgehead atoms. The number of β-amino-alcohol motifs (C(OH)–C–C–N with tert-alkyl or cyclic N) is 1. The van der Waals surface area contributed by atoms with Crippen LogP contribution in [0.3, 0.4) is 0 Å². The fourth-order valence-corrected chi connectivity index (χ4v) is 6.56. The van der Waals surface area contributed by atoms with Gasteiger partial charge in [0, 0.05) is 72.0 Å². The van der Waals surface area contributed by atoms with E-state index in [-0.39, 0.29) is 52.4 Å². The van der Waals surface area contributed by atoms with Crippen LogP contribution in [0, 0.1) is 0 Å². The summed E-state index contributed by atoms with van der Waals surface area (Å²) >= 11 is 0. The highest BCUT2D eigenvalue weighted by Gasteiger charge is 2.96. The van der Waals surface area contributed by atoms with Crippen LogP contribution in [0.25, 0.3) is 0 Å². The van der Waals surface area contributed by atoms with Crippen LogP contribution in [0.1, 0.15) is 6.92 Å². The van der Waals surface area contributed by atoms with E-state index in [1.165, 1.54) is 19.6 Å². The summed E-state index contributed by atoms with van der Waals surface area (Å²) in [5, 5.41) is 30.6. The minimum atomic E-state index is -9.00. The number of carboxylic acids is 3. The van der Waals surface area contributed by atoms with Gasteiger partial charge >= 0.3 is 64.9 Å². The number of aliphatic hydroxyl groups excluding tert-OH is 1. The maximum absolute atomic E-state index is 14.7. The lowest BCUT2D eigenvalue weighted by Gasteiger charge is -2.42. The highest BCUT2D eigenvalue weighted by Crippen LogP contribution is 2.64. The molecule has 0 aromatic carbocycles. The fourth-order valence-electron chi connectivity index (χ4n) is 5.25. The molecule has 0 aromatic heterocycles. The second-order valence-electron chi connectivity index (χ2n) is 13.3. The smallest absolute Gasteiger partial charge is 0.460 e. The van der Waals surface area contributed by atoms with E-state index >= 15 is 0 Å². The Kier molecular flexibility index (Phi) is 19.1. The Hall–Kier alpha value is -3.15. The molecule has 0 saturated carbocycles. The number of aliphatic carboxylic acids is 3. The number of alkyl halides is 17. The Morgan fingerprint density at radius 1 is 0.581 bits per heavy atom. The van der Waals surface area contributed by atoms with Gasteiger partial charge in [0.15, 0.2) is 0 Å². The van der Waals surface area contributed by atoms with E-state index in [2.05, 4.69) is 4.84 Å². The Labute approximate surface area is 338 Å². The number of hydroxylamine groups is 1. The first kappa shape index (κ1) is 56.9. The predicted molar refractivity (Wildman–Crippen MR) is 171 cm³/mol. The van der Waals surface area contributed by atoms with Gasteiger partial charge in [-0.15, -0.1) is 0 Å². The monoisotopic (exact) mass is 974 g/mol. The van der Waals surface area contributed by atoms with Crippen molar-refractivity contribution < 1.29 is 123 Å². The summed E-state index contributed by atoms with van der Waals surface area (Å²) in [6.07, 6.45) is -9.65. The van der Waals surface area contributed by atoms with Crippen molar-refractivity contribution in [2.75, 3.05) is 98.4 Å². The maximum atomic E-state index is 14.7. The molecule has 62 heavy (non-hydrogen) atoms. The second-order valence-corrected chi connectivity index (χ2v) is 15.3. The number of carboxylic acid groups (broad SMARTS) is 3. The van der Waals surface area contributed by atoms with E-state index in [4.69, 9.17) is 0 Å². The fraction of sp³-hybridized carbons (Fsp3) is 0.893. The number of hydrogen-bond donors (Lipinski definition) is 5. The highest BCUT2D eigenvalue weighted by molar-refractivity contribution is 7.90. The molecular weight excluding hydrogens is 935 g/mol. The lowest BCUT2D eigenvalue weighted by molar-refractivity contribution is -0.458. The van der Waals surface area contributed by atoms with Gasteiger partial charge in [-0.3, -0.25) is 38.8 Å². The average molecular weight is 975 g/mol. The van der Waals surface area contributed by atoms with Gasteiger partial charge in [-0.05, 0) is 0 Å². The van der Waals surface area contributed by atoms with Crippen LogP contribution in [0.15, 0.2) is 0 Å². The molecule has 0 aliphatic carbocycles. The Morgan fingerprint density at radius 3 is 1.19 bits per heavy atom. The molecule has 1 aliphatic rings. The third-order valence-corrected chi connectivity index (χ3v) is 10.8. The highest BCUT2D eigenvalue weighted by atomic mass is 32.2. The molecule has 1 unspecified atom stereocenters. The molecule has 1 atom stereocenters. The van der Waals surface area contributed by atoms with E-state index in [1.807, 2.05) is 0 Å². The molecule has 5 N–H and O–H groups in total. The van der Waals surface area contributed by atoms with Crippen molar-refractivity contribution in [3.8, 4) is 0 Å². The van der Waals surface area contributed by atoms with Gasteiger partial charge in [0.1, 0.15) is 6.73 Å². The summed E-state index contributed by atoms with van der Waals surface area (Å²) < 4.78 is 256. The maximum Gasteiger partial charge on any atom is 0.460 e. The molecular formula is C28H39F17N6O10S. The zero-order valence-corrected chi connectivity index (χ0v) is 32.3. The van der Waals surface area contributed by atoms with E-state index < -0.39 is 131 Å². The number of sulfonamides is 1. The van der Waals surface area contributed by atoms with Gasteiger partial charge in [0.05, 0.1) is 25.7 Å². The first-order valence-electron chi connectivity index (χ1n) is 17.1. The van der Waals surface area contributed by atoms with Gasteiger partial charge in [0.2, 0.25) is 0 Å². The minimum absolute atomic E-state index is 0.00900. The molecule has 0 spiro atoms. The molecule has 1 aliphatic heterocycles. The minimum Gasteiger partial charge on any atom is -0.480 e. The molecule has 34 heteroatoms. The molecule has 0 radical (unpaired) electrons. The van der Waals surface area contributed by atoms with Crippen LogP contribution in [-0.4, -0.2) is 222 Å². The number of nitrogens with one attached hydrogen (secondary N) is 1. The molecule has 1 rings (SSSR count). The van der Waals surface area contributed by atoms with Crippen molar-refractivity contribution in [3.63, 3.8) is 0 Å². The van der Waals surface area contributed by atoms with Gasteiger partial charge in [-0.25, -0.2) is 8.42 Å². The van der Waals surface area contributed by atoms with Crippen molar-refractivity contribution in [1.82, 2.24) is 29.4 Å². The van der Waals surface area contributed by atoms with Gasteiger partial charge in [-0.1, -0.05) is 6.92 Å². The third-order valence-electron chi connectivity index (χ3n) is 8.81. The summed E-state index contributed by atoms with van der Waals surface area (Å²) in [7, 11) is -7.65. The van der Waals surface area contributed by atoms with E-state index in [9.17, 15) is 118 Å². The molecule has 0 amide bonds. The van der Waals surface area contributed by atoms with E-state index in [0.717, 1.165) is 0 Å². The van der Waals surface area contributed by atoms with Crippen LogP contribution < -0.4 is 5.48 Å². The molecule has 1 heterocycles. The predicted octanol–water partition coefficient (Wildman–Crippen LogP) is 1.92. The second kappa shape index (κ2) is 20.8. The van der Waals surface area contributed by atoms with Crippen LogP contribution in [-0.2, 0) is 29.2 Å². The van der Waals surface area contributed by atoms with Crippen LogP contribution >= 0.6 is 0 Å². The van der Waals surface area contributed by atoms with Gasteiger partial charge < -0.3 is 20.4 Å². The number of aliphatic hydroxyl groups is 1. The van der Waals surface area contributed by atoms with Crippen molar-refractivity contribution in [3.05, 3.63) is 0 Å². The van der Waals surface area contributed by atoms with Crippen LogP contribution in [0.4, 0.5) is 74.6 Å². The summed E-state index contributed by atoms with van der Waals surface area (Å²) in [4.78, 5) is 44.2. The lowest BCUT2D eigenvalue weighted by atomic mass is 9.91. The van der Waals surface area contributed by atoms with Crippen LogP contribution in [0.5, 0.6) is 0 Å². The number of carbonyl (C=O) groups is 3. The number of rotatable bonds is 22. The summed E-state index contributed by atoms with van der Waals surface area (Å²) in [6, 6.07) is 0. The Morgan fingerprint density at radius 2 is 0.887 bits per heavy atom. The summed E-state index contributed by atoms with van der Waals surface area (Å²) in [5.74, 6) is -56.4. The summed E-state index contributed by atoms with van der Waals surface area (Å²) in [6.45, 7) is -6.42. The zero-order valence-electron chi connectivity index (χ0n) is 31.5. The first-order valence-corrected chi connectivity index (χ1v) is 18.5. The van der Waals surface area contributed by atoms with Crippen molar-refractivity contribution in [1.29, 1.82) is 0 Å². The number of hydrogen-bond acceptors (Lipinski definition) is 12. The quantitative estimate of drug-likeness (QED) is 0.0456. The Bertz CT molecular complexity index is 1600. The number of nitrogens with zero attached hydrogens (tertiary/aromatic N) is 5.